The molecule has 0 aliphatic rings. The molecule has 32 heavy (non-hydrogen) atoms. The molecule has 164 valence electrons. The third-order valence-electron chi connectivity index (χ3n) is 4.45. The van der Waals surface area contributed by atoms with Crippen LogP contribution in [-0.4, -0.2) is 32.3 Å². The highest BCUT2D eigenvalue weighted by molar-refractivity contribution is 5.86. The number of amides is 1. The molecule has 0 fully saturated rings. The van der Waals surface area contributed by atoms with Crippen LogP contribution in [0.4, 0.5) is 28.0 Å². The topological polar surface area (TPSA) is 81.4 Å². The first-order valence-electron chi connectivity index (χ1n) is 9.39. The Balaban J connectivity index is 1.72. The summed E-state index contributed by atoms with van der Waals surface area (Å²) in [6, 6.07) is 9.60. The van der Waals surface area contributed by atoms with Crippen LogP contribution in [0, 0.1) is 5.82 Å². The fourth-order valence-corrected chi connectivity index (χ4v) is 3.06. The van der Waals surface area contributed by atoms with Gasteiger partial charge in [0.2, 0.25) is 0 Å². The molecule has 7 nitrogen and oxygen atoms in total. The van der Waals surface area contributed by atoms with E-state index in [4.69, 9.17) is 4.74 Å². The summed E-state index contributed by atoms with van der Waals surface area (Å²) in [5.74, 6) is -0.665. The molecule has 0 bridgehead atoms. The molecular formula is C21H15F4N5O2. The van der Waals surface area contributed by atoms with E-state index in [-0.39, 0.29) is 23.6 Å². The number of carbonyl (C=O) groups is 1. The SMILES string of the molecule is CCOC(=O)Nc1cc(-c2cn3nc(-c4cccnc4C(F)(F)F)ccc3n2)ccc1F. The number of halogens is 4. The normalized spacial score (nSPS) is 11.5. The van der Waals surface area contributed by atoms with Crippen molar-refractivity contribution in [2.75, 3.05) is 11.9 Å². The van der Waals surface area contributed by atoms with Crippen LogP contribution >= 0.6 is 0 Å². The van der Waals surface area contributed by atoms with Crippen molar-refractivity contribution >= 4 is 17.4 Å². The van der Waals surface area contributed by atoms with Crippen LogP contribution in [0.2, 0.25) is 0 Å². The number of ether oxygens (including phenoxy) is 1. The summed E-state index contributed by atoms with van der Waals surface area (Å²) in [5.41, 5.74) is -0.0421. The van der Waals surface area contributed by atoms with Crippen molar-refractivity contribution < 1.29 is 27.1 Å². The first-order chi connectivity index (χ1) is 15.3. The highest BCUT2D eigenvalue weighted by Gasteiger charge is 2.35. The van der Waals surface area contributed by atoms with Gasteiger partial charge in [0, 0.05) is 17.3 Å². The van der Waals surface area contributed by atoms with E-state index in [2.05, 4.69) is 20.4 Å². The molecule has 4 rings (SSSR count). The third-order valence-corrected chi connectivity index (χ3v) is 4.45. The van der Waals surface area contributed by atoms with Gasteiger partial charge in [0.1, 0.15) is 5.82 Å². The number of pyridine rings is 1. The van der Waals surface area contributed by atoms with E-state index in [0.29, 0.717) is 16.9 Å². The second-order valence-electron chi connectivity index (χ2n) is 6.58. The van der Waals surface area contributed by atoms with E-state index >= 15 is 0 Å². The average Bonchev–Trinajstić information content (AvgIpc) is 3.18. The molecule has 4 aromatic rings. The lowest BCUT2D eigenvalue weighted by Crippen LogP contribution is -2.14. The smallest absolute Gasteiger partial charge is 0.434 e. The quantitative estimate of drug-likeness (QED) is 0.438. The minimum Gasteiger partial charge on any atom is -0.450 e. The second-order valence-corrected chi connectivity index (χ2v) is 6.58. The standard InChI is InChI=1S/C21H15F4N5O2/c1-2-32-20(31)28-16-10-12(5-6-14(16)22)17-11-30-18(27-17)8-7-15(29-30)13-4-3-9-26-19(13)21(23,24)25/h3-11H,2H2,1H3,(H,28,31). The maximum Gasteiger partial charge on any atom is 0.434 e. The average molecular weight is 445 g/mol. The van der Waals surface area contributed by atoms with Crippen molar-refractivity contribution in [2.45, 2.75) is 13.1 Å². The van der Waals surface area contributed by atoms with Crippen molar-refractivity contribution in [1.29, 1.82) is 0 Å². The van der Waals surface area contributed by atoms with Crippen LogP contribution in [0.25, 0.3) is 28.2 Å². The van der Waals surface area contributed by atoms with Gasteiger partial charge in [-0.15, -0.1) is 0 Å². The molecule has 0 aliphatic carbocycles. The number of aromatic nitrogens is 4. The number of hydrogen-bond acceptors (Lipinski definition) is 5. The zero-order valence-corrected chi connectivity index (χ0v) is 16.5. The lowest BCUT2D eigenvalue weighted by Gasteiger charge is -2.10. The van der Waals surface area contributed by atoms with Crippen molar-refractivity contribution in [3.63, 3.8) is 0 Å². The summed E-state index contributed by atoms with van der Waals surface area (Å²) in [5, 5.41) is 6.54. The molecule has 1 amide bonds. The zero-order valence-electron chi connectivity index (χ0n) is 16.5. The number of carbonyl (C=O) groups excluding carboxylic acids is 1. The Bertz CT molecular complexity index is 1300. The number of rotatable bonds is 4. The van der Waals surface area contributed by atoms with Crippen LogP contribution in [0.3, 0.4) is 0 Å². The van der Waals surface area contributed by atoms with Gasteiger partial charge in [-0.25, -0.2) is 18.7 Å². The van der Waals surface area contributed by atoms with Gasteiger partial charge in [-0.05, 0) is 49.4 Å². The van der Waals surface area contributed by atoms with Crippen LogP contribution in [-0.2, 0) is 10.9 Å². The number of anilines is 1. The van der Waals surface area contributed by atoms with Crippen LogP contribution in [0.1, 0.15) is 12.6 Å². The van der Waals surface area contributed by atoms with Gasteiger partial charge in [-0.2, -0.15) is 18.3 Å². The Morgan fingerprint density at radius 3 is 2.72 bits per heavy atom. The molecule has 0 saturated heterocycles. The fraction of sp³-hybridized carbons (Fsp3) is 0.143. The largest absolute Gasteiger partial charge is 0.450 e. The van der Waals surface area contributed by atoms with E-state index in [1.165, 1.54) is 47.1 Å². The van der Waals surface area contributed by atoms with Gasteiger partial charge in [-0.1, -0.05) is 0 Å². The van der Waals surface area contributed by atoms with Crippen molar-refractivity contribution in [2.24, 2.45) is 0 Å². The maximum atomic E-state index is 14.1. The summed E-state index contributed by atoms with van der Waals surface area (Å²) in [6.07, 6.45) is -2.88. The highest BCUT2D eigenvalue weighted by atomic mass is 19.4. The molecule has 0 atom stereocenters. The molecule has 0 spiro atoms. The molecular weight excluding hydrogens is 430 g/mol. The number of imidazole rings is 1. The van der Waals surface area contributed by atoms with E-state index in [0.717, 1.165) is 12.3 Å². The summed E-state index contributed by atoms with van der Waals surface area (Å²) >= 11 is 0. The van der Waals surface area contributed by atoms with Gasteiger partial charge >= 0.3 is 12.3 Å². The molecule has 0 radical (unpaired) electrons. The van der Waals surface area contributed by atoms with E-state index in [1.54, 1.807) is 6.92 Å². The molecule has 3 aromatic heterocycles. The van der Waals surface area contributed by atoms with Crippen molar-refractivity contribution in [1.82, 2.24) is 19.6 Å². The highest BCUT2D eigenvalue weighted by Crippen LogP contribution is 2.34. The molecule has 11 heteroatoms. The van der Waals surface area contributed by atoms with E-state index in [9.17, 15) is 22.4 Å². The van der Waals surface area contributed by atoms with Gasteiger partial charge in [0.25, 0.3) is 0 Å². The Labute approximate surface area is 178 Å². The van der Waals surface area contributed by atoms with Crippen LogP contribution in [0.15, 0.2) is 54.9 Å². The summed E-state index contributed by atoms with van der Waals surface area (Å²) in [6.45, 7) is 1.74. The van der Waals surface area contributed by atoms with Crippen molar-refractivity contribution in [3.05, 3.63) is 66.4 Å². The first-order valence-corrected chi connectivity index (χ1v) is 9.39. The predicted octanol–water partition coefficient (Wildman–Crippen LogP) is 5.18. The summed E-state index contributed by atoms with van der Waals surface area (Å²) in [4.78, 5) is 19.4. The van der Waals surface area contributed by atoms with E-state index < -0.39 is 23.8 Å². The van der Waals surface area contributed by atoms with Gasteiger partial charge < -0.3 is 4.74 Å². The maximum absolute atomic E-state index is 14.1. The zero-order chi connectivity index (χ0) is 22.9. The Morgan fingerprint density at radius 2 is 1.97 bits per heavy atom. The Kier molecular flexibility index (Phi) is 5.47. The molecule has 0 unspecified atom stereocenters. The lowest BCUT2D eigenvalue weighted by atomic mass is 10.1. The number of alkyl halides is 3. The van der Waals surface area contributed by atoms with Crippen molar-refractivity contribution in [3.8, 4) is 22.5 Å². The van der Waals surface area contributed by atoms with Gasteiger partial charge in [0.05, 0.1) is 29.9 Å². The number of benzene rings is 1. The van der Waals surface area contributed by atoms with Crippen LogP contribution in [0.5, 0.6) is 0 Å². The van der Waals surface area contributed by atoms with Gasteiger partial charge in [0.15, 0.2) is 11.3 Å². The molecule has 3 heterocycles. The lowest BCUT2D eigenvalue weighted by molar-refractivity contribution is -0.140. The minimum absolute atomic E-state index is 0.0608. The molecule has 0 aliphatic heterocycles. The minimum atomic E-state index is -4.64. The Morgan fingerprint density at radius 1 is 1.16 bits per heavy atom. The molecule has 1 N–H and O–H groups in total. The van der Waals surface area contributed by atoms with Crippen LogP contribution < -0.4 is 5.32 Å². The van der Waals surface area contributed by atoms with Gasteiger partial charge in [-0.3, -0.25) is 10.3 Å². The third kappa shape index (κ3) is 4.22. The number of nitrogens with one attached hydrogen (secondary N) is 1. The second kappa shape index (κ2) is 8.25. The van der Waals surface area contributed by atoms with E-state index in [1.807, 2.05) is 0 Å². The summed E-state index contributed by atoms with van der Waals surface area (Å²) < 4.78 is 60.0. The number of hydrogen-bond donors (Lipinski definition) is 1. The number of fused-ring (bicyclic) bond motifs is 1. The molecule has 0 saturated carbocycles. The first kappa shape index (κ1) is 21.2. The fourth-order valence-electron chi connectivity index (χ4n) is 3.06. The Hall–Kier alpha value is -4.02. The predicted molar refractivity (Wildman–Crippen MR) is 107 cm³/mol. The number of nitrogens with zero attached hydrogens (tertiary/aromatic N) is 4. The molecule has 1 aromatic carbocycles. The monoisotopic (exact) mass is 445 g/mol. The summed E-state index contributed by atoms with van der Waals surface area (Å²) in [7, 11) is 0.